The molecule has 0 spiro atoms. The molecule has 6 nitrogen and oxygen atoms in total. The number of nitrogens with one attached hydrogen (secondary N) is 1. The smallest absolute Gasteiger partial charge is 0.276 e. The highest BCUT2D eigenvalue weighted by atomic mass is 16.5. The number of benzene rings is 1. The number of rotatable bonds is 3. The molecule has 23 heavy (non-hydrogen) atoms. The van der Waals surface area contributed by atoms with Crippen LogP contribution in [-0.4, -0.2) is 34.2 Å². The summed E-state index contributed by atoms with van der Waals surface area (Å²) in [5, 5.41) is 6.20. The zero-order chi connectivity index (χ0) is 16.0. The highest BCUT2D eigenvalue weighted by Crippen LogP contribution is 2.30. The van der Waals surface area contributed by atoms with Crippen molar-refractivity contribution < 1.29 is 4.52 Å². The summed E-state index contributed by atoms with van der Waals surface area (Å²) in [6.45, 7) is 1.99. The molecule has 6 heteroatoms. The van der Waals surface area contributed by atoms with E-state index < -0.39 is 0 Å². The summed E-state index contributed by atoms with van der Waals surface area (Å²) in [5.74, 6) is 1.15. The normalized spacial score (nSPS) is 11.4. The lowest BCUT2D eigenvalue weighted by atomic mass is 10.1. The number of hydrogen-bond donors (Lipinski definition) is 1. The molecule has 3 heterocycles. The molecule has 3 aromatic heterocycles. The minimum Gasteiger partial charge on any atom is -0.378 e. The number of aromatic nitrogens is 4. The third-order valence-electron chi connectivity index (χ3n) is 3.99. The number of aromatic amines is 1. The van der Waals surface area contributed by atoms with Gasteiger partial charge in [-0.2, -0.15) is 4.98 Å². The maximum Gasteiger partial charge on any atom is 0.276 e. The van der Waals surface area contributed by atoms with Crippen molar-refractivity contribution in [2.24, 2.45) is 0 Å². The minimum absolute atomic E-state index is 0.460. The number of hydrogen-bond acceptors (Lipinski definition) is 5. The van der Waals surface area contributed by atoms with Crippen LogP contribution >= 0.6 is 0 Å². The molecule has 0 saturated carbocycles. The van der Waals surface area contributed by atoms with E-state index >= 15 is 0 Å². The van der Waals surface area contributed by atoms with Gasteiger partial charge in [-0.15, -0.1) is 0 Å². The first-order chi connectivity index (χ1) is 11.2. The van der Waals surface area contributed by atoms with Crippen molar-refractivity contribution in [2.75, 3.05) is 19.0 Å². The van der Waals surface area contributed by atoms with Gasteiger partial charge in [0.05, 0.1) is 11.7 Å². The Labute approximate surface area is 133 Å². The Bertz CT molecular complexity index is 999. The number of anilines is 1. The third kappa shape index (κ3) is 2.23. The van der Waals surface area contributed by atoms with Crippen molar-refractivity contribution in [3.8, 4) is 11.6 Å². The molecule has 0 fully saturated rings. The van der Waals surface area contributed by atoms with Gasteiger partial charge in [-0.1, -0.05) is 12.1 Å². The molecule has 0 bridgehead atoms. The second-order valence-electron chi connectivity index (χ2n) is 5.73. The maximum absolute atomic E-state index is 5.30. The molecule has 0 aliphatic heterocycles. The van der Waals surface area contributed by atoms with Crippen LogP contribution in [0.5, 0.6) is 0 Å². The van der Waals surface area contributed by atoms with Crippen LogP contribution in [0, 0.1) is 0 Å². The van der Waals surface area contributed by atoms with Gasteiger partial charge in [0, 0.05) is 42.5 Å². The van der Waals surface area contributed by atoms with Gasteiger partial charge >= 0.3 is 0 Å². The highest BCUT2D eigenvalue weighted by molar-refractivity contribution is 6.08. The summed E-state index contributed by atoms with van der Waals surface area (Å²) >= 11 is 0. The maximum atomic E-state index is 5.30. The first kappa shape index (κ1) is 13.8. The van der Waals surface area contributed by atoms with Gasteiger partial charge in [-0.3, -0.25) is 0 Å². The van der Waals surface area contributed by atoms with Gasteiger partial charge in [0.15, 0.2) is 5.82 Å². The lowest BCUT2D eigenvalue weighted by Crippen LogP contribution is -2.07. The minimum atomic E-state index is 0.460. The van der Waals surface area contributed by atoms with Crippen LogP contribution < -0.4 is 4.90 Å². The van der Waals surface area contributed by atoms with E-state index in [9.17, 15) is 0 Å². The second kappa shape index (κ2) is 5.08. The largest absolute Gasteiger partial charge is 0.378 e. The predicted octanol–water partition coefficient (Wildman–Crippen LogP) is 3.39. The van der Waals surface area contributed by atoms with Gasteiger partial charge in [-0.25, -0.2) is 4.98 Å². The zero-order valence-corrected chi connectivity index (χ0v) is 13.3. The average molecular weight is 307 g/mol. The van der Waals surface area contributed by atoms with Crippen molar-refractivity contribution >= 4 is 27.5 Å². The Morgan fingerprint density at radius 3 is 2.70 bits per heavy atom. The van der Waals surface area contributed by atoms with Crippen molar-refractivity contribution in [2.45, 2.75) is 13.3 Å². The van der Waals surface area contributed by atoms with Crippen LogP contribution in [0.25, 0.3) is 33.4 Å². The quantitative estimate of drug-likeness (QED) is 0.628. The Kier molecular flexibility index (Phi) is 3.04. The van der Waals surface area contributed by atoms with E-state index in [-0.39, 0.29) is 0 Å². The van der Waals surface area contributed by atoms with Crippen LogP contribution in [0.4, 0.5) is 5.69 Å². The molecule has 116 valence electrons. The molecule has 0 saturated heterocycles. The molecule has 0 aliphatic carbocycles. The van der Waals surface area contributed by atoms with Crippen LogP contribution in [0.15, 0.2) is 35.0 Å². The number of fused-ring (bicyclic) bond motifs is 3. The molecular formula is C17H17N5O. The fraction of sp³-hybridized carbons (Fsp3) is 0.235. The average Bonchev–Trinajstić information content (AvgIpc) is 3.18. The first-order valence-electron chi connectivity index (χ1n) is 7.57. The van der Waals surface area contributed by atoms with E-state index in [0.29, 0.717) is 17.4 Å². The van der Waals surface area contributed by atoms with Crippen molar-refractivity contribution in [1.29, 1.82) is 0 Å². The first-order valence-corrected chi connectivity index (χ1v) is 7.57. The predicted molar refractivity (Wildman–Crippen MR) is 90.6 cm³/mol. The lowest BCUT2D eigenvalue weighted by Gasteiger charge is -2.11. The van der Waals surface area contributed by atoms with Crippen LogP contribution in [0.2, 0.25) is 0 Å². The monoisotopic (exact) mass is 307 g/mol. The fourth-order valence-electron chi connectivity index (χ4n) is 2.68. The van der Waals surface area contributed by atoms with Gasteiger partial charge in [0.1, 0.15) is 5.69 Å². The number of nitrogens with zero attached hydrogens (tertiary/aromatic N) is 4. The van der Waals surface area contributed by atoms with Crippen LogP contribution in [0.1, 0.15) is 12.7 Å². The zero-order valence-electron chi connectivity index (χ0n) is 13.3. The summed E-state index contributed by atoms with van der Waals surface area (Å²) in [7, 11) is 4.07. The molecular weight excluding hydrogens is 290 g/mol. The molecule has 0 unspecified atom stereocenters. The number of aryl methyl sites for hydroxylation is 1. The summed E-state index contributed by atoms with van der Waals surface area (Å²) < 4.78 is 5.30. The van der Waals surface area contributed by atoms with Crippen LogP contribution in [-0.2, 0) is 6.42 Å². The fourth-order valence-corrected chi connectivity index (χ4v) is 2.68. The molecule has 4 aromatic rings. The topological polar surface area (TPSA) is 70.8 Å². The Balaban J connectivity index is 1.92. The van der Waals surface area contributed by atoms with E-state index in [1.165, 1.54) is 0 Å². The van der Waals surface area contributed by atoms with E-state index in [0.717, 1.165) is 33.9 Å². The summed E-state index contributed by atoms with van der Waals surface area (Å²) in [6.07, 6.45) is 2.56. The van der Waals surface area contributed by atoms with Gasteiger partial charge < -0.3 is 14.4 Å². The third-order valence-corrected chi connectivity index (χ3v) is 3.99. The Morgan fingerprint density at radius 1 is 1.13 bits per heavy atom. The number of pyridine rings is 1. The van der Waals surface area contributed by atoms with Crippen molar-refractivity contribution in [1.82, 2.24) is 20.1 Å². The Hall–Kier alpha value is -2.89. The van der Waals surface area contributed by atoms with Crippen molar-refractivity contribution in [3.05, 3.63) is 36.3 Å². The lowest BCUT2D eigenvalue weighted by molar-refractivity contribution is 0.422. The molecule has 0 atom stereocenters. The van der Waals surface area contributed by atoms with Gasteiger partial charge in [0.2, 0.25) is 0 Å². The Morgan fingerprint density at radius 2 is 1.96 bits per heavy atom. The summed E-state index contributed by atoms with van der Waals surface area (Å²) in [6, 6.07) is 8.35. The van der Waals surface area contributed by atoms with Crippen LogP contribution in [0.3, 0.4) is 0 Å². The second-order valence-corrected chi connectivity index (χ2v) is 5.73. The standard InChI is InChI=1S/C17H17N5O/c1-4-16-20-17(23-21-16)14-8-12-11-7-10(22(2)3)5-6-13(11)19-15(12)9-18-14/h5-9,19H,4H2,1-3H3. The molecule has 4 rings (SSSR count). The molecule has 0 aliphatic rings. The molecule has 1 N–H and O–H groups in total. The van der Waals surface area contributed by atoms with E-state index in [1.807, 2.05) is 33.3 Å². The summed E-state index contributed by atoms with van der Waals surface area (Å²) in [4.78, 5) is 14.3. The number of H-pyrrole nitrogens is 1. The van der Waals surface area contributed by atoms with Gasteiger partial charge in [-0.05, 0) is 24.3 Å². The SMILES string of the molecule is CCc1noc(-c2cc3c(cn2)[nH]c2ccc(N(C)C)cc23)n1. The van der Waals surface area contributed by atoms with Crippen molar-refractivity contribution in [3.63, 3.8) is 0 Å². The van der Waals surface area contributed by atoms with E-state index in [2.05, 4.69) is 43.2 Å². The van der Waals surface area contributed by atoms with Gasteiger partial charge in [0.25, 0.3) is 5.89 Å². The summed E-state index contributed by atoms with van der Waals surface area (Å²) in [5.41, 5.74) is 3.93. The highest BCUT2D eigenvalue weighted by Gasteiger charge is 2.12. The van der Waals surface area contributed by atoms with E-state index in [4.69, 9.17) is 4.52 Å². The molecule has 0 radical (unpaired) electrons. The molecule has 0 amide bonds. The van der Waals surface area contributed by atoms with E-state index in [1.54, 1.807) is 0 Å². The molecule has 1 aromatic carbocycles.